The minimum absolute atomic E-state index is 0.0301. The molecule has 0 atom stereocenters. The zero-order valence-electron chi connectivity index (χ0n) is 13.5. The number of nitrogens with one attached hydrogen (secondary N) is 3. The molecule has 3 aromatic rings. The molecule has 2 aromatic heterocycles. The summed E-state index contributed by atoms with van der Waals surface area (Å²) < 4.78 is 5.95. The number of furan rings is 1. The van der Waals surface area contributed by atoms with E-state index in [0.717, 1.165) is 22.3 Å². The number of hydrogen-bond acceptors (Lipinski definition) is 5. The summed E-state index contributed by atoms with van der Waals surface area (Å²) in [7, 11) is 0. The SMILES string of the molecule is CCc1oc2ccccc2c1/C=N\NC(=O)Cc1cc(=O)[nH]c(=S)[nH]1. The van der Waals surface area contributed by atoms with Crippen molar-refractivity contribution in [2.45, 2.75) is 19.8 Å². The standard InChI is InChI=1S/C17H16N4O3S/c1-2-13-12(11-5-3-4-6-14(11)24-13)9-18-21-16(23)8-10-7-15(22)20-17(25)19-10/h3-7,9H,2,8H2,1H3,(H,21,23)(H2,19,20,22,25)/b18-9-. The number of hydrazone groups is 1. The molecule has 25 heavy (non-hydrogen) atoms. The third-order valence-electron chi connectivity index (χ3n) is 3.58. The third-order valence-corrected chi connectivity index (χ3v) is 3.79. The normalized spacial score (nSPS) is 11.2. The van der Waals surface area contributed by atoms with Gasteiger partial charge in [0.1, 0.15) is 11.3 Å². The van der Waals surface area contributed by atoms with Crippen LogP contribution in [0, 0.1) is 4.77 Å². The van der Waals surface area contributed by atoms with E-state index in [1.54, 1.807) is 6.21 Å². The van der Waals surface area contributed by atoms with Crippen molar-refractivity contribution in [3.8, 4) is 0 Å². The van der Waals surface area contributed by atoms with Crippen molar-refractivity contribution < 1.29 is 9.21 Å². The van der Waals surface area contributed by atoms with Gasteiger partial charge in [0, 0.05) is 29.1 Å². The maximum Gasteiger partial charge on any atom is 0.251 e. The Labute approximate surface area is 147 Å². The van der Waals surface area contributed by atoms with Crippen LogP contribution >= 0.6 is 12.2 Å². The average Bonchev–Trinajstić information content (AvgIpc) is 2.92. The molecule has 0 fully saturated rings. The fraction of sp³-hybridized carbons (Fsp3) is 0.176. The van der Waals surface area contributed by atoms with Gasteiger partial charge in [-0.1, -0.05) is 25.1 Å². The van der Waals surface area contributed by atoms with Crippen LogP contribution in [0.3, 0.4) is 0 Å². The van der Waals surface area contributed by atoms with Crippen LogP contribution in [0.25, 0.3) is 11.0 Å². The molecule has 0 radical (unpaired) electrons. The van der Waals surface area contributed by atoms with Gasteiger partial charge in [-0.2, -0.15) is 5.10 Å². The van der Waals surface area contributed by atoms with E-state index in [1.807, 2.05) is 31.2 Å². The molecule has 1 aromatic carbocycles. The highest BCUT2D eigenvalue weighted by molar-refractivity contribution is 7.71. The molecule has 128 valence electrons. The molecule has 0 saturated heterocycles. The van der Waals surface area contributed by atoms with E-state index in [2.05, 4.69) is 20.5 Å². The van der Waals surface area contributed by atoms with Crippen LogP contribution in [-0.2, 0) is 17.6 Å². The Bertz CT molecular complexity index is 1030. The number of aromatic nitrogens is 2. The van der Waals surface area contributed by atoms with Crippen LogP contribution < -0.4 is 11.0 Å². The van der Waals surface area contributed by atoms with E-state index in [9.17, 15) is 9.59 Å². The number of rotatable bonds is 5. The predicted octanol–water partition coefficient (Wildman–Crippen LogP) is 2.43. The first-order chi connectivity index (χ1) is 12.1. The van der Waals surface area contributed by atoms with Crippen molar-refractivity contribution >= 4 is 35.3 Å². The second kappa shape index (κ2) is 7.27. The number of aromatic amines is 2. The maximum atomic E-state index is 12.0. The molecule has 0 bridgehead atoms. The molecule has 7 nitrogen and oxygen atoms in total. The van der Waals surface area contributed by atoms with Gasteiger partial charge < -0.3 is 9.40 Å². The summed E-state index contributed by atoms with van der Waals surface area (Å²) >= 11 is 4.87. The van der Waals surface area contributed by atoms with E-state index < -0.39 is 0 Å². The second-order valence-electron chi connectivity index (χ2n) is 5.37. The molecule has 0 aliphatic rings. The number of para-hydroxylation sites is 1. The molecule has 0 saturated carbocycles. The molecule has 3 N–H and O–H groups in total. The van der Waals surface area contributed by atoms with Crippen LogP contribution in [0.1, 0.15) is 23.9 Å². The minimum Gasteiger partial charge on any atom is -0.460 e. The molecule has 0 unspecified atom stereocenters. The quantitative estimate of drug-likeness (QED) is 0.371. The lowest BCUT2D eigenvalue weighted by molar-refractivity contribution is -0.120. The number of amides is 1. The van der Waals surface area contributed by atoms with Crippen LogP contribution in [-0.4, -0.2) is 22.1 Å². The Morgan fingerprint density at radius 1 is 1.36 bits per heavy atom. The van der Waals surface area contributed by atoms with E-state index >= 15 is 0 Å². The fourth-order valence-corrected chi connectivity index (χ4v) is 2.75. The van der Waals surface area contributed by atoms with Gasteiger partial charge in [-0.3, -0.25) is 14.6 Å². The zero-order chi connectivity index (χ0) is 17.8. The topological polar surface area (TPSA) is 103 Å². The molecule has 2 heterocycles. The number of carbonyl (C=O) groups is 1. The summed E-state index contributed by atoms with van der Waals surface area (Å²) in [6, 6.07) is 8.94. The molecular weight excluding hydrogens is 340 g/mol. The molecule has 0 aliphatic carbocycles. The lowest BCUT2D eigenvalue weighted by Crippen LogP contribution is -2.21. The number of carbonyl (C=O) groups excluding carboxylic acids is 1. The second-order valence-corrected chi connectivity index (χ2v) is 5.78. The molecule has 0 spiro atoms. The number of benzene rings is 1. The molecule has 0 aliphatic heterocycles. The number of fused-ring (bicyclic) bond motifs is 1. The lowest BCUT2D eigenvalue weighted by atomic mass is 10.1. The van der Waals surface area contributed by atoms with Gasteiger partial charge in [-0.05, 0) is 18.3 Å². The summed E-state index contributed by atoms with van der Waals surface area (Å²) in [4.78, 5) is 28.5. The number of H-pyrrole nitrogens is 2. The number of hydrogen-bond donors (Lipinski definition) is 3. The van der Waals surface area contributed by atoms with Gasteiger partial charge >= 0.3 is 0 Å². The van der Waals surface area contributed by atoms with Crippen LogP contribution in [0.2, 0.25) is 0 Å². The Morgan fingerprint density at radius 2 is 2.16 bits per heavy atom. The summed E-state index contributed by atoms with van der Waals surface area (Å²) in [5.74, 6) is 0.441. The van der Waals surface area contributed by atoms with E-state index in [1.165, 1.54) is 6.07 Å². The first kappa shape index (κ1) is 16.8. The van der Waals surface area contributed by atoms with Gasteiger partial charge in [-0.15, -0.1) is 0 Å². The molecule has 1 amide bonds. The third kappa shape index (κ3) is 3.92. The number of nitrogens with zero attached hydrogens (tertiary/aromatic N) is 1. The van der Waals surface area contributed by atoms with Crippen molar-refractivity contribution in [1.82, 2.24) is 15.4 Å². The first-order valence-electron chi connectivity index (χ1n) is 7.71. The number of aryl methyl sites for hydroxylation is 1. The van der Waals surface area contributed by atoms with E-state index in [0.29, 0.717) is 12.1 Å². The average molecular weight is 356 g/mol. The Kier molecular flexibility index (Phi) is 4.90. The van der Waals surface area contributed by atoms with Crippen molar-refractivity contribution in [3.63, 3.8) is 0 Å². The maximum absolute atomic E-state index is 12.0. The van der Waals surface area contributed by atoms with Crippen molar-refractivity contribution in [2.24, 2.45) is 5.10 Å². The summed E-state index contributed by atoms with van der Waals surface area (Å²) in [6.45, 7) is 1.99. The highest BCUT2D eigenvalue weighted by atomic mass is 32.1. The van der Waals surface area contributed by atoms with E-state index in [-0.39, 0.29) is 22.7 Å². The Balaban J connectivity index is 1.74. The smallest absolute Gasteiger partial charge is 0.251 e. The zero-order valence-corrected chi connectivity index (χ0v) is 14.3. The van der Waals surface area contributed by atoms with Gasteiger partial charge in [0.25, 0.3) is 5.56 Å². The van der Waals surface area contributed by atoms with Crippen LogP contribution in [0.4, 0.5) is 0 Å². The van der Waals surface area contributed by atoms with Crippen molar-refractivity contribution in [1.29, 1.82) is 0 Å². The molecular formula is C17H16N4O3S. The van der Waals surface area contributed by atoms with Crippen molar-refractivity contribution in [3.05, 3.63) is 62.5 Å². The fourth-order valence-electron chi connectivity index (χ4n) is 2.52. The Morgan fingerprint density at radius 3 is 2.92 bits per heavy atom. The predicted molar refractivity (Wildman–Crippen MR) is 97.3 cm³/mol. The highest BCUT2D eigenvalue weighted by Crippen LogP contribution is 2.24. The van der Waals surface area contributed by atoms with Gasteiger partial charge in [0.15, 0.2) is 4.77 Å². The van der Waals surface area contributed by atoms with E-state index in [4.69, 9.17) is 16.6 Å². The monoisotopic (exact) mass is 356 g/mol. The van der Waals surface area contributed by atoms with Gasteiger partial charge in [0.2, 0.25) is 5.91 Å². The summed E-state index contributed by atoms with van der Waals surface area (Å²) in [5, 5.41) is 4.94. The van der Waals surface area contributed by atoms with Crippen LogP contribution in [0.15, 0.2) is 44.6 Å². The first-order valence-corrected chi connectivity index (χ1v) is 8.12. The Hall–Kier alpha value is -3.00. The minimum atomic E-state index is -0.363. The molecule has 8 heteroatoms. The summed E-state index contributed by atoms with van der Waals surface area (Å²) in [5.41, 5.74) is 4.14. The van der Waals surface area contributed by atoms with Crippen LogP contribution in [0.5, 0.6) is 0 Å². The lowest BCUT2D eigenvalue weighted by Gasteiger charge is -2.00. The summed E-state index contributed by atoms with van der Waals surface area (Å²) in [6.07, 6.45) is 2.26. The molecule has 3 rings (SSSR count). The van der Waals surface area contributed by atoms with Crippen molar-refractivity contribution in [2.75, 3.05) is 0 Å². The largest absolute Gasteiger partial charge is 0.460 e. The van der Waals surface area contributed by atoms with Gasteiger partial charge in [0.05, 0.1) is 12.6 Å². The van der Waals surface area contributed by atoms with Gasteiger partial charge in [-0.25, -0.2) is 5.43 Å². The highest BCUT2D eigenvalue weighted by Gasteiger charge is 2.10.